The van der Waals surface area contributed by atoms with Crippen molar-refractivity contribution in [3.63, 3.8) is 0 Å². The molecule has 9 heteroatoms. The van der Waals surface area contributed by atoms with Gasteiger partial charge in [0, 0.05) is 26.1 Å². The lowest BCUT2D eigenvalue weighted by molar-refractivity contribution is -0.138. The van der Waals surface area contributed by atoms with Gasteiger partial charge in [0.25, 0.3) is 5.91 Å². The van der Waals surface area contributed by atoms with Crippen molar-refractivity contribution >= 4 is 11.6 Å². The van der Waals surface area contributed by atoms with Gasteiger partial charge in [0.2, 0.25) is 0 Å². The molecule has 2 aliphatic carbocycles. The predicted molar refractivity (Wildman–Crippen MR) is 136 cm³/mol. The van der Waals surface area contributed by atoms with E-state index in [1.807, 2.05) is 32.7 Å². The quantitative estimate of drug-likeness (QED) is 0.262. The number of hydrogen-bond acceptors (Lipinski definition) is 5. The second kappa shape index (κ2) is 13.1. The fourth-order valence-electron chi connectivity index (χ4n) is 4.87. The highest BCUT2D eigenvalue weighted by molar-refractivity contribution is 6.39. The Hall–Kier alpha value is -2.29. The molecular formula is C26H43F3N4O2. The fourth-order valence-corrected chi connectivity index (χ4v) is 4.87. The lowest BCUT2D eigenvalue weighted by Crippen LogP contribution is -2.60. The van der Waals surface area contributed by atoms with Crippen molar-refractivity contribution in [1.29, 1.82) is 0 Å². The van der Waals surface area contributed by atoms with E-state index < -0.39 is 12.6 Å². The van der Waals surface area contributed by atoms with Crippen LogP contribution >= 0.6 is 0 Å². The molecule has 0 atom stereocenters. The molecule has 0 aromatic carbocycles. The van der Waals surface area contributed by atoms with Gasteiger partial charge in [-0.25, -0.2) is 0 Å². The van der Waals surface area contributed by atoms with Crippen LogP contribution < -0.4 is 11.1 Å². The average molecular weight is 501 g/mol. The Labute approximate surface area is 208 Å². The van der Waals surface area contributed by atoms with Crippen LogP contribution in [0.2, 0.25) is 0 Å². The summed E-state index contributed by atoms with van der Waals surface area (Å²) in [5.41, 5.74) is 6.87. The van der Waals surface area contributed by atoms with E-state index in [2.05, 4.69) is 23.5 Å². The number of halogens is 3. The van der Waals surface area contributed by atoms with E-state index in [9.17, 15) is 18.0 Å². The van der Waals surface area contributed by atoms with E-state index in [4.69, 9.17) is 10.5 Å². The van der Waals surface area contributed by atoms with Gasteiger partial charge in [0.05, 0.1) is 5.71 Å². The molecule has 0 aromatic heterocycles. The summed E-state index contributed by atoms with van der Waals surface area (Å²) in [4.78, 5) is 18.3. The molecule has 0 bridgehead atoms. The number of nitrogens with two attached hydrogens (primary N) is 1. The number of ether oxygens (including phenoxy) is 1. The molecule has 1 amide bonds. The van der Waals surface area contributed by atoms with Crippen molar-refractivity contribution in [2.24, 2.45) is 16.1 Å². The van der Waals surface area contributed by atoms with Crippen molar-refractivity contribution < 1.29 is 22.7 Å². The van der Waals surface area contributed by atoms with E-state index in [-0.39, 0.29) is 30.4 Å². The van der Waals surface area contributed by atoms with Gasteiger partial charge < -0.3 is 20.7 Å². The van der Waals surface area contributed by atoms with Gasteiger partial charge in [-0.3, -0.25) is 9.79 Å². The van der Waals surface area contributed by atoms with E-state index in [1.54, 1.807) is 19.1 Å². The lowest BCUT2D eigenvalue weighted by atomic mass is 9.54. The Morgan fingerprint density at radius 3 is 2.31 bits per heavy atom. The number of nitrogens with one attached hydrogen (secondary N) is 1. The number of carbonyl (C=O) groups excluding carboxylic acids is 1. The summed E-state index contributed by atoms with van der Waals surface area (Å²) in [6.07, 6.45) is 5.22. The van der Waals surface area contributed by atoms with Gasteiger partial charge in [-0.2, -0.15) is 13.2 Å². The number of hydrogen-bond donors (Lipinski definition) is 2. The van der Waals surface area contributed by atoms with E-state index >= 15 is 0 Å². The molecule has 1 aliphatic heterocycles. The van der Waals surface area contributed by atoms with Gasteiger partial charge in [0.15, 0.2) is 5.88 Å². The molecule has 3 N–H and O–H groups in total. The summed E-state index contributed by atoms with van der Waals surface area (Å²) < 4.78 is 40.4. The van der Waals surface area contributed by atoms with Gasteiger partial charge in [-0.05, 0) is 76.9 Å². The Kier molecular flexibility index (Phi) is 11.5. The highest BCUT2D eigenvalue weighted by atomic mass is 19.4. The third kappa shape index (κ3) is 9.02. The van der Waals surface area contributed by atoms with Crippen LogP contribution in [0.5, 0.6) is 0 Å². The van der Waals surface area contributed by atoms with Crippen LogP contribution in [0, 0.1) is 5.41 Å². The van der Waals surface area contributed by atoms with Crippen molar-refractivity contribution in [2.45, 2.75) is 96.9 Å². The number of carbonyl (C=O) groups is 1. The Morgan fingerprint density at radius 2 is 1.86 bits per heavy atom. The molecule has 3 aliphatic rings. The molecule has 2 saturated carbocycles. The highest BCUT2D eigenvalue weighted by Gasteiger charge is 2.60. The first-order valence-electron chi connectivity index (χ1n) is 12.4. The number of alkyl halides is 3. The summed E-state index contributed by atoms with van der Waals surface area (Å²) in [5, 5.41) is 2.63. The average Bonchev–Trinajstić information content (AvgIpc) is 2.98. The molecule has 0 radical (unpaired) electrons. The van der Waals surface area contributed by atoms with Crippen molar-refractivity contribution in [3.05, 3.63) is 37.0 Å². The van der Waals surface area contributed by atoms with Crippen LogP contribution in [0.4, 0.5) is 13.2 Å². The number of rotatable bonds is 7. The fraction of sp³-hybridized carbons (Fsp3) is 0.692. The topological polar surface area (TPSA) is 80.0 Å². The Balaban J connectivity index is 0.000000328. The minimum atomic E-state index is -4.11. The van der Waals surface area contributed by atoms with Crippen LogP contribution in [0.25, 0.3) is 0 Å². The molecule has 6 nitrogen and oxygen atoms in total. The van der Waals surface area contributed by atoms with Gasteiger partial charge in [-0.15, -0.1) is 0 Å². The second-order valence-corrected chi connectivity index (χ2v) is 9.37. The molecule has 2 fully saturated rings. The van der Waals surface area contributed by atoms with Crippen LogP contribution in [-0.4, -0.2) is 48.0 Å². The summed E-state index contributed by atoms with van der Waals surface area (Å²) in [7, 11) is 1.89. The smallest absolute Gasteiger partial charge is 0.389 e. The van der Waals surface area contributed by atoms with Crippen molar-refractivity contribution in [2.75, 3.05) is 13.6 Å². The highest BCUT2D eigenvalue weighted by Crippen LogP contribution is 2.60. The summed E-state index contributed by atoms with van der Waals surface area (Å²) in [6, 6.07) is 0.394. The molecule has 0 unspecified atom stereocenters. The normalized spacial score (nSPS) is 27.5. The molecule has 2 spiro atoms. The number of aliphatic imine (C=N–C) groups is 1. The molecule has 200 valence electrons. The molecule has 0 saturated heterocycles. The molecule has 1 heterocycles. The standard InChI is InChI=1S/C13H21N3O.C11H16F3NO.C2H6/c1-9-11(17)16(2)13(15-9)7-12(8-13)5-3-10(14)4-6-12;1-4-6-9(2)16-10(3)15-8-5-7-11(12,13)14;1-2/h10H,3-8,14H2,1-2H3;4,6,15H,2-3,5,7-8H2,1H3;1-2H3/b;6-4-;. The maximum absolute atomic E-state index is 11.8. The zero-order valence-corrected chi connectivity index (χ0v) is 21.9. The first-order valence-corrected chi connectivity index (χ1v) is 12.4. The molecule has 0 aromatic rings. The monoisotopic (exact) mass is 500 g/mol. The van der Waals surface area contributed by atoms with Gasteiger partial charge >= 0.3 is 6.18 Å². The van der Waals surface area contributed by atoms with Gasteiger partial charge in [0.1, 0.15) is 11.4 Å². The van der Waals surface area contributed by atoms with Crippen molar-refractivity contribution in [3.8, 4) is 0 Å². The summed E-state index contributed by atoms with van der Waals surface area (Å²) in [6.45, 7) is 14.9. The Bertz CT molecular complexity index is 789. The third-order valence-electron chi connectivity index (χ3n) is 6.59. The zero-order valence-electron chi connectivity index (χ0n) is 21.9. The van der Waals surface area contributed by atoms with E-state index in [1.165, 1.54) is 12.8 Å². The predicted octanol–water partition coefficient (Wildman–Crippen LogP) is 5.82. The minimum Gasteiger partial charge on any atom is -0.443 e. The summed E-state index contributed by atoms with van der Waals surface area (Å²) in [5.74, 6) is 0.688. The first kappa shape index (κ1) is 30.7. The summed E-state index contributed by atoms with van der Waals surface area (Å²) >= 11 is 0. The number of nitrogens with zero attached hydrogens (tertiary/aromatic N) is 2. The van der Waals surface area contributed by atoms with E-state index in [0.29, 0.717) is 22.9 Å². The maximum atomic E-state index is 11.8. The molecule has 3 rings (SSSR count). The van der Waals surface area contributed by atoms with Crippen LogP contribution in [0.15, 0.2) is 41.9 Å². The van der Waals surface area contributed by atoms with Crippen molar-refractivity contribution in [1.82, 2.24) is 10.2 Å². The lowest BCUT2D eigenvalue weighted by Gasteiger charge is -2.57. The zero-order chi connectivity index (χ0) is 26.9. The van der Waals surface area contributed by atoms with E-state index in [0.717, 1.165) is 25.7 Å². The van der Waals surface area contributed by atoms with Gasteiger partial charge in [-0.1, -0.05) is 26.5 Å². The molecular weight excluding hydrogens is 457 g/mol. The SMILES string of the molecule is C=C(/C=C\C)OC(=C)NCCCC(F)(F)F.CC.CC1=NC2(CC3(CCC(N)CC3)C2)N(C)C1=O. The van der Waals surface area contributed by atoms with Crippen LogP contribution in [0.3, 0.4) is 0 Å². The number of allylic oxidation sites excluding steroid dienone is 2. The number of amides is 1. The largest absolute Gasteiger partial charge is 0.443 e. The second-order valence-electron chi connectivity index (χ2n) is 9.37. The first-order chi connectivity index (χ1) is 16.3. The maximum Gasteiger partial charge on any atom is 0.389 e. The third-order valence-corrected chi connectivity index (χ3v) is 6.59. The minimum absolute atomic E-state index is 0.0119. The van der Waals surface area contributed by atoms with Crippen LogP contribution in [-0.2, 0) is 9.53 Å². The Morgan fingerprint density at radius 1 is 1.29 bits per heavy atom. The van der Waals surface area contributed by atoms with Crippen LogP contribution in [0.1, 0.15) is 79.1 Å². The molecule has 35 heavy (non-hydrogen) atoms.